The van der Waals surface area contributed by atoms with Gasteiger partial charge in [0, 0.05) is 31.4 Å². The number of hydrogen-bond donors (Lipinski definition) is 2. The number of rotatable bonds is 10. The van der Waals surface area contributed by atoms with Gasteiger partial charge in [0.2, 0.25) is 5.88 Å². The fourth-order valence-electron chi connectivity index (χ4n) is 2.40. The summed E-state index contributed by atoms with van der Waals surface area (Å²) in [6.07, 6.45) is 4.88. The summed E-state index contributed by atoms with van der Waals surface area (Å²) in [6.45, 7) is 5.95. The molecule has 0 bridgehead atoms. The van der Waals surface area contributed by atoms with Crippen LogP contribution in [0.25, 0.3) is 0 Å². The summed E-state index contributed by atoms with van der Waals surface area (Å²) in [5, 5.41) is 3.47. The van der Waals surface area contributed by atoms with Crippen molar-refractivity contribution in [3.63, 3.8) is 0 Å². The van der Waals surface area contributed by atoms with Crippen LogP contribution in [0.15, 0.2) is 48.7 Å². The molecule has 4 nitrogen and oxygen atoms in total. The number of pyridine rings is 1. The van der Waals surface area contributed by atoms with Gasteiger partial charge in [0.25, 0.3) is 0 Å². The normalized spacial score (nSPS) is 13.5. The third kappa shape index (κ3) is 6.15. The van der Waals surface area contributed by atoms with E-state index >= 15 is 0 Å². The van der Waals surface area contributed by atoms with Crippen LogP contribution in [-0.2, 0) is 6.54 Å². The summed E-state index contributed by atoms with van der Waals surface area (Å²) < 4.78 is 9.24. The van der Waals surface area contributed by atoms with Gasteiger partial charge < -0.3 is 10.1 Å². The second kappa shape index (κ2) is 10.3. The highest BCUT2D eigenvalue weighted by atomic mass is 32.2. The van der Waals surface area contributed by atoms with Crippen molar-refractivity contribution >= 4 is 11.9 Å². The number of ether oxygens (including phenoxy) is 1. The van der Waals surface area contributed by atoms with Crippen LogP contribution in [0.2, 0.25) is 0 Å². The van der Waals surface area contributed by atoms with Crippen molar-refractivity contribution in [1.29, 1.82) is 0 Å². The van der Waals surface area contributed by atoms with Crippen LogP contribution < -0.4 is 14.8 Å². The zero-order chi connectivity index (χ0) is 17.2. The van der Waals surface area contributed by atoms with E-state index in [4.69, 9.17) is 4.74 Å². The molecule has 0 spiro atoms. The minimum atomic E-state index is 0.130. The SMILES string of the molecule is CCC(CNCc1ccc(C(C)NSC)cc1)Oc1ccccn1. The summed E-state index contributed by atoms with van der Waals surface area (Å²) in [6, 6.07) is 14.8. The Balaban J connectivity index is 1.78. The highest BCUT2D eigenvalue weighted by Crippen LogP contribution is 2.15. The summed E-state index contributed by atoms with van der Waals surface area (Å²) in [4.78, 5) is 4.22. The van der Waals surface area contributed by atoms with Crippen LogP contribution in [-0.4, -0.2) is 23.9 Å². The molecule has 130 valence electrons. The molecule has 2 atom stereocenters. The van der Waals surface area contributed by atoms with Crippen molar-refractivity contribution in [3.05, 3.63) is 59.8 Å². The average Bonchev–Trinajstić information content (AvgIpc) is 2.62. The van der Waals surface area contributed by atoms with E-state index in [-0.39, 0.29) is 6.10 Å². The van der Waals surface area contributed by atoms with Crippen molar-refractivity contribution in [2.45, 2.75) is 39.0 Å². The van der Waals surface area contributed by atoms with Crippen LogP contribution in [0, 0.1) is 0 Å². The second-order valence-corrected chi connectivity index (χ2v) is 6.38. The molecule has 0 aliphatic rings. The molecule has 2 unspecified atom stereocenters. The second-order valence-electron chi connectivity index (χ2n) is 5.73. The summed E-state index contributed by atoms with van der Waals surface area (Å²) in [5.41, 5.74) is 2.58. The Morgan fingerprint density at radius 1 is 1.17 bits per heavy atom. The van der Waals surface area contributed by atoms with Gasteiger partial charge in [-0.3, -0.25) is 4.72 Å². The van der Waals surface area contributed by atoms with E-state index in [1.54, 1.807) is 18.1 Å². The molecule has 0 aliphatic heterocycles. The molecule has 0 amide bonds. The van der Waals surface area contributed by atoms with Crippen LogP contribution in [0.4, 0.5) is 0 Å². The summed E-state index contributed by atoms with van der Waals surface area (Å²) in [7, 11) is 0. The molecule has 1 heterocycles. The van der Waals surface area contributed by atoms with Crippen LogP contribution in [0.1, 0.15) is 37.4 Å². The predicted molar refractivity (Wildman–Crippen MR) is 102 cm³/mol. The van der Waals surface area contributed by atoms with Crippen molar-refractivity contribution in [1.82, 2.24) is 15.0 Å². The Morgan fingerprint density at radius 3 is 2.58 bits per heavy atom. The fraction of sp³-hybridized carbons (Fsp3) is 0.421. The smallest absolute Gasteiger partial charge is 0.213 e. The van der Waals surface area contributed by atoms with Gasteiger partial charge in [-0.1, -0.05) is 49.2 Å². The Morgan fingerprint density at radius 2 is 1.96 bits per heavy atom. The van der Waals surface area contributed by atoms with Gasteiger partial charge in [0.1, 0.15) is 6.10 Å². The van der Waals surface area contributed by atoms with Crippen molar-refractivity contribution in [2.75, 3.05) is 12.8 Å². The Kier molecular flexibility index (Phi) is 8.08. The number of nitrogens with one attached hydrogen (secondary N) is 2. The van der Waals surface area contributed by atoms with E-state index in [0.29, 0.717) is 11.9 Å². The standard InChI is InChI=1S/C19H27N3OS/c1-4-18(23-19-7-5-6-12-21-19)14-20-13-16-8-10-17(11-9-16)15(2)22-24-3/h5-12,15,18,20,22H,4,13-14H2,1-3H3. The number of nitrogens with zero attached hydrogens (tertiary/aromatic N) is 1. The molecule has 0 fully saturated rings. The monoisotopic (exact) mass is 345 g/mol. The van der Waals surface area contributed by atoms with Gasteiger partial charge in [-0.15, -0.1) is 0 Å². The summed E-state index contributed by atoms with van der Waals surface area (Å²) in [5.74, 6) is 0.686. The van der Waals surface area contributed by atoms with Crippen LogP contribution >= 0.6 is 11.9 Å². The van der Waals surface area contributed by atoms with E-state index in [1.165, 1.54) is 11.1 Å². The molecular weight excluding hydrogens is 318 g/mol. The van der Waals surface area contributed by atoms with E-state index in [0.717, 1.165) is 19.5 Å². The van der Waals surface area contributed by atoms with Crippen molar-refractivity contribution in [3.8, 4) is 5.88 Å². The van der Waals surface area contributed by atoms with Gasteiger partial charge in [-0.05, 0) is 36.8 Å². The van der Waals surface area contributed by atoms with E-state index in [9.17, 15) is 0 Å². The van der Waals surface area contributed by atoms with Crippen molar-refractivity contribution < 1.29 is 4.74 Å². The zero-order valence-electron chi connectivity index (χ0n) is 14.7. The van der Waals surface area contributed by atoms with Gasteiger partial charge >= 0.3 is 0 Å². The molecule has 2 aromatic rings. The first kappa shape index (κ1) is 18.8. The third-order valence-electron chi connectivity index (χ3n) is 3.86. The average molecular weight is 346 g/mol. The lowest BCUT2D eigenvalue weighted by atomic mass is 10.1. The minimum Gasteiger partial charge on any atom is -0.473 e. The van der Waals surface area contributed by atoms with Gasteiger partial charge in [0.15, 0.2) is 0 Å². The molecule has 2 N–H and O–H groups in total. The van der Waals surface area contributed by atoms with E-state index in [1.807, 2.05) is 24.5 Å². The van der Waals surface area contributed by atoms with E-state index < -0.39 is 0 Å². The first-order valence-corrected chi connectivity index (χ1v) is 9.61. The highest BCUT2D eigenvalue weighted by molar-refractivity contribution is 7.96. The largest absolute Gasteiger partial charge is 0.473 e. The number of benzene rings is 1. The van der Waals surface area contributed by atoms with Crippen LogP contribution in [0.5, 0.6) is 5.88 Å². The quantitative estimate of drug-likeness (QED) is 0.638. The van der Waals surface area contributed by atoms with Crippen molar-refractivity contribution in [2.24, 2.45) is 0 Å². The van der Waals surface area contributed by atoms with Gasteiger partial charge in [0.05, 0.1) is 0 Å². The Hall–Kier alpha value is -1.56. The Labute approximate surface area is 149 Å². The topological polar surface area (TPSA) is 46.2 Å². The molecule has 1 aromatic carbocycles. The zero-order valence-corrected chi connectivity index (χ0v) is 15.5. The first-order chi connectivity index (χ1) is 11.7. The maximum atomic E-state index is 5.89. The van der Waals surface area contributed by atoms with Crippen LogP contribution in [0.3, 0.4) is 0 Å². The molecule has 24 heavy (non-hydrogen) atoms. The molecular formula is C19H27N3OS. The maximum Gasteiger partial charge on any atom is 0.213 e. The molecule has 2 rings (SSSR count). The highest BCUT2D eigenvalue weighted by Gasteiger charge is 2.08. The Bertz CT molecular complexity index is 577. The van der Waals surface area contributed by atoms with E-state index in [2.05, 4.69) is 53.1 Å². The number of aromatic nitrogens is 1. The lowest BCUT2D eigenvalue weighted by Crippen LogP contribution is -2.30. The third-order valence-corrected chi connectivity index (χ3v) is 4.45. The lowest BCUT2D eigenvalue weighted by Gasteiger charge is -2.17. The molecule has 0 saturated heterocycles. The van der Waals surface area contributed by atoms with Gasteiger partial charge in [-0.2, -0.15) is 0 Å². The minimum absolute atomic E-state index is 0.130. The van der Waals surface area contributed by atoms with Gasteiger partial charge in [-0.25, -0.2) is 4.98 Å². The lowest BCUT2D eigenvalue weighted by molar-refractivity contribution is 0.185. The molecule has 1 aromatic heterocycles. The maximum absolute atomic E-state index is 5.89. The predicted octanol–water partition coefficient (Wildman–Crippen LogP) is 3.96. The molecule has 5 heteroatoms. The molecule has 0 aliphatic carbocycles. The first-order valence-electron chi connectivity index (χ1n) is 8.38. The number of hydrogen-bond acceptors (Lipinski definition) is 5. The molecule has 0 radical (unpaired) electrons. The fourth-order valence-corrected chi connectivity index (χ4v) is 2.89. The molecule has 0 saturated carbocycles. The summed E-state index contributed by atoms with van der Waals surface area (Å²) >= 11 is 1.65.